The lowest BCUT2D eigenvalue weighted by Gasteiger charge is -2.30. The van der Waals surface area contributed by atoms with Crippen molar-refractivity contribution >= 4 is 17.9 Å². The summed E-state index contributed by atoms with van der Waals surface area (Å²) in [5.41, 5.74) is 0. The van der Waals surface area contributed by atoms with Crippen molar-refractivity contribution in [2.45, 2.75) is 12.8 Å². The molecule has 2 amide bonds. The molecule has 1 atom stereocenters. The molecular weight excluding hydrogens is 238 g/mol. The lowest BCUT2D eigenvalue weighted by molar-refractivity contribution is -0.143. The highest BCUT2D eigenvalue weighted by Crippen LogP contribution is 2.17. The quantitative estimate of drug-likeness (QED) is 0.781. The predicted octanol–water partition coefficient (Wildman–Crippen LogP) is 0.144. The second kappa shape index (κ2) is 5.03. The number of aromatic nitrogens is 3. The van der Waals surface area contributed by atoms with Crippen LogP contribution in [0.4, 0.5) is 10.7 Å². The van der Waals surface area contributed by atoms with Gasteiger partial charge in [0, 0.05) is 20.1 Å². The van der Waals surface area contributed by atoms with Crippen LogP contribution in [-0.2, 0) is 11.8 Å². The Balaban J connectivity index is 1.97. The molecule has 0 spiro atoms. The van der Waals surface area contributed by atoms with Crippen LogP contribution in [0.2, 0.25) is 0 Å². The molecule has 0 radical (unpaired) electrons. The van der Waals surface area contributed by atoms with E-state index in [2.05, 4.69) is 15.4 Å². The van der Waals surface area contributed by atoms with E-state index in [1.54, 1.807) is 7.05 Å². The third-order valence-corrected chi connectivity index (χ3v) is 2.99. The first-order chi connectivity index (χ1) is 8.58. The average Bonchev–Trinajstić information content (AvgIpc) is 2.75. The van der Waals surface area contributed by atoms with E-state index in [1.807, 2.05) is 0 Å². The van der Waals surface area contributed by atoms with Crippen LogP contribution in [0.25, 0.3) is 0 Å². The SMILES string of the molecule is Cn1ncnc1NC(=O)N1CCCC(C(=O)O)C1. The number of likely N-dealkylation sites (tertiary alicyclic amines) is 1. The standard InChI is InChI=1S/C10H15N5O3/c1-14-9(11-6-12-14)13-10(18)15-4-2-3-7(5-15)8(16)17/h6-7H,2-5H2,1H3,(H,16,17)(H,11,12,13,18). The van der Waals surface area contributed by atoms with Crippen LogP contribution in [0, 0.1) is 5.92 Å². The Kier molecular flexibility index (Phi) is 3.45. The van der Waals surface area contributed by atoms with E-state index in [0.717, 1.165) is 0 Å². The number of anilines is 1. The molecule has 0 aromatic carbocycles. The fourth-order valence-electron chi connectivity index (χ4n) is 1.95. The van der Waals surface area contributed by atoms with Gasteiger partial charge >= 0.3 is 12.0 Å². The Labute approximate surface area is 104 Å². The van der Waals surface area contributed by atoms with Gasteiger partial charge in [-0.2, -0.15) is 10.1 Å². The van der Waals surface area contributed by atoms with E-state index in [1.165, 1.54) is 15.9 Å². The van der Waals surface area contributed by atoms with Crippen molar-refractivity contribution in [2.24, 2.45) is 13.0 Å². The number of aliphatic carboxylic acids is 1. The molecule has 0 saturated carbocycles. The fourth-order valence-corrected chi connectivity index (χ4v) is 1.95. The van der Waals surface area contributed by atoms with Crippen LogP contribution in [0.3, 0.4) is 0 Å². The molecule has 0 aliphatic carbocycles. The first kappa shape index (κ1) is 12.3. The Morgan fingerprint density at radius 2 is 2.33 bits per heavy atom. The molecule has 98 valence electrons. The van der Waals surface area contributed by atoms with Gasteiger partial charge in [0.05, 0.1) is 5.92 Å². The summed E-state index contributed by atoms with van der Waals surface area (Å²) in [6.07, 6.45) is 2.65. The van der Waals surface area contributed by atoms with E-state index in [9.17, 15) is 9.59 Å². The van der Waals surface area contributed by atoms with Gasteiger partial charge in [-0.25, -0.2) is 9.48 Å². The maximum Gasteiger partial charge on any atom is 0.324 e. The Morgan fingerprint density at radius 3 is 2.94 bits per heavy atom. The first-order valence-electron chi connectivity index (χ1n) is 5.70. The summed E-state index contributed by atoms with van der Waals surface area (Å²) in [6.45, 7) is 0.798. The second-order valence-electron chi connectivity index (χ2n) is 4.26. The highest BCUT2D eigenvalue weighted by Gasteiger charge is 2.28. The van der Waals surface area contributed by atoms with Gasteiger partial charge < -0.3 is 10.0 Å². The van der Waals surface area contributed by atoms with Gasteiger partial charge in [-0.1, -0.05) is 0 Å². The van der Waals surface area contributed by atoms with Gasteiger partial charge in [0.1, 0.15) is 6.33 Å². The summed E-state index contributed by atoms with van der Waals surface area (Å²) in [6, 6.07) is -0.336. The number of amides is 2. The van der Waals surface area contributed by atoms with Crippen molar-refractivity contribution < 1.29 is 14.7 Å². The Hall–Kier alpha value is -2.12. The Bertz CT molecular complexity index is 458. The number of carbonyl (C=O) groups excluding carboxylic acids is 1. The lowest BCUT2D eigenvalue weighted by atomic mass is 9.99. The number of carboxylic acids is 1. The monoisotopic (exact) mass is 253 g/mol. The van der Waals surface area contributed by atoms with Gasteiger partial charge in [-0.3, -0.25) is 10.1 Å². The first-order valence-corrected chi connectivity index (χ1v) is 5.70. The molecule has 1 fully saturated rings. The molecule has 1 aromatic rings. The van der Waals surface area contributed by atoms with Crippen molar-refractivity contribution in [3.63, 3.8) is 0 Å². The molecule has 2 heterocycles. The van der Waals surface area contributed by atoms with Gasteiger partial charge in [-0.15, -0.1) is 0 Å². The van der Waals surface area contributed by atoms with Crippen LogP contribution < -0.4 is 5.32 Å². The zero-order valence-corrected chi connectivity index (χ0v) is 10.0. The summed E-state index contributed by atoms with van der Waals surface area (Å²) in [7, 11) is 1.67. The molecule has 1 unspecified atom stereocenters. The third kappa shape index (κ3) is 2.58. The number of carboxylic acid groups (broad SMARTS) is 1. The summed E-state index contributed by atoms with van der Waals surface area (Å²) in [4.78, 5) is 28.2. The zero-order chi connectivity index (χ0) is 13.1. The predicted molar refractivity (Wildman–Crippen MR) is 62.0 cm³/mol. The van der Waals surface area contributed by atoms with Gasteiger partial charge in [0.25, 0.3) is 0 Å². The lowest BCUT2D eigenvalue weighted by Crippen LogP contribution is -2.44. The van der Waals surface area contributed by atoms with Gasteiger partial charge in [0.2, 0.25) is 5.95 Å². The molecule has 18 heavy (non-hydrogen) atoms. The van der Waals surface area contributed by atoms with Crippen molar-refractivity contribution in [2.75, 3.05) is 18.4 Å². The Morgan fingerprint density at radius 1 is 1.56 bits per heavy atom. The summed E-state index contributed by atoms with van der Waals surface area (Å²) >= 11 is 0. The minimum Gasteiger partial charge on any atom is -0.481 e. The van der Waals surface area contributed by atoms with Crippen LogP contribution >= 0.6 is 0 Å². The zero-order valence-electron chi connectivity index (χ0n) is 10.0. The number of nitrogens with one attached hydrogen (secondary N) is 1. The van der Waals surface area contributed by atoms with Gasteiger partial charge in [-0.05, 0) is 12.8 Å². The van der Waals surface area contributed by atoms with Crippen molar-refractivity contribution in [1.82, 2.24) is 19.7 Å². The van der Waals surface area contributed by atoms with E-state index in [-0.39, 0.29) is 12.6 Å². The molecule has 2 rings (SSSR count). The maximum atomic E-state index is 11.9. The second-order valence-corrected chi connectivity index (χ2v) is 4.26. The summed E-state index contributed by atoms with van der Waals surface area (Å²) in [5, 5.41) is 15.4. The van der Waals surface area contributed by atoms with E-state index >= 15 is 0 Å². The molecule has 1 aliphatic heterocycles. The molecule has 0 bridgehead atoms. The van der Waals surface area contributed by atoms with Crippen LogP contribution in [0.1, 0.15) is 12.8 Å². The number of hydrogen-bond acceptors (Lipinski definition) is 4. The minimum absolute atomic E-state index is 0.235. The topological polar surface area (TPSA) is 100 Å². The smallest absolute Gasteiger partial charge is 0.324 e. The number of nitrogens with zero attached hydrogens (tertiary/aromatic N) is 4. The van der Waals surface area contributed by atoms with E-state index in [0.29, 0.717) is 25.3 Å². The minimum atomic E-state index is -0.855. The average molecular weight is 253 g/mol. The third-order valence-electron chi connectivity index (χ3n) is 2.99. The highest BCUT2D eigenvalue weighted by molar-refractivity contribution is 5.88. The molecule has 1 aromatic heterocycles. The van der Waals surface area contributed by atoms with Crippen LogP contribution in [-0.4, -0.2) is 49.9 Å². The number of aryl methyl sites for hydroxylation is 1. The molecule has 1 saturated heterocycles. The summed E-state index contributed by atoms with van der Waals surface area (Å²) in [5.74, 6) is -0.993. The van der Waals surface area contributed by atoms with Gasteiger partial charge in [0.15, 0.2) is 0 Å². The number of rotatable bonds is 2. The van der Waals surface area contributed by atoms with Crippen LogP contribution in [0.15, 0.2) is 6.33 Å². The van der Waals surface area contributed by atoms with Crippen molar-refractivity contribution in [1.29, 1.82) is 0 Å². The molecule has 8 nitrogen and oxygen atoms in total. The van der Waals surface area contributed by atoms with Crippen molar-refractivity contribution in [3.8, 4) is 0 Å². The highest BCUT2D eigenvalue weighted by atomic mass is 16.4. The molecule has 1 aliphatic rings. The van der Waals surface area contributed by atoms with Crippen LogP contribution in [0.5, 0.6) is 0 Å². The molecular formula is C10H15N5O3. The van der Waals surface area contributed by atoms with E-state index in [4.69, 9.17) is 5.11 Å². The summed E-state index contributed by atoms with van der Waals surface area (Å²) < 4.78 is 1.44. The van der Waals surface area contributed by atoms with E-state index < -0.39 is 11.9 Å². The fraction of sp³-hybridized carbons (Fsp3) is 0.600. The number of carbonyl (C=O) groups is 2. The number of urea groups is 1. The number of hydrogen-bond donors (Lipinski definition) is 2. The normalized spacial score (nSPS) is 19.6. The molecule has 2 N–H and O–H groups in total. The largest absolute Gasteiger partial charge is 0.481 e. The maximum absolute atomic E-state index is 11.9. The van der Waals surface area contributed by atoms with Crippen molar-refractivity contribution in [3.05, 3.63) is 6.33 Å². The number of piperidine rings is 1. The molecule has 8 heteroatoms.